The molecule has 1 aromatic carbocycles. The van der Waals surface area contributed by atoms with E-state index in [0.717, 1.165) is 5.75 Å². The van der Waals surface area contributed by atoms with E-state index in [2.05, 4.69) is 21.2 Å². The van der Waals surface area contributed by atoms with Crippen LogP contribution < -0.4 is 10.1 Å². The number of hydrogen-bond donors (Lipinski definition) is 2. The number of rotatable bonds is 7. The molecule has 2 N–H and O–H groups in total. The van der Waals surface area contributed by atoms with Gasteiger partial charge in [0.05, 0.1) is 23.2 Å². The van der Waals surface area contributed by atoms with Crippen LogP contribution in [0.25, 0.3) is 0 Å². The molecule has 0 saturated heterocycles. The predicted octanol–water partition coefficient (Wildman–Crippen LogP) is 3.43. The monoisotopic (exact) mass is 458 g/mol. The summed E-state index contributed by atoms with van der Waals surface area (Å²) in [5.74, 6) is 1.35. The Bertz CT molecular complexity index is 768. The van der Waals surface area contributed by atoms with Crippen molar-refractivity contribution in [3.8, 4) is 11.5 Å². The third kappa shape index (κ3) is 4.70. The van der Waals surface area contributed by atoms with Crippen LogP contribution in [0.3, 0.4) is 0 Å². The summed E-state index contributed by atoms with van der Waals surface area (Å²) in [5.41, 5.74) is 1.45. The van der Waals surface area contributed by atoms with Crippen LogP contribution in [-0.2, 0) is 9.53 Å². The average Bonchev–Trinajstić information content (AvgIpc) is 2.64. The molecule has 0 saturated carbocycles. The summed E-state index contributed by atoms with van der Waals surface area (Å²) >= 11 is 4.95. The van der Waals surface area contributed by atoms with Gasteiger partial charge in [0.25, 0.3) is 0 Å². The van der Waals surface area contributed by atoms with Crippen LogP contribution in [-0.4, -0.2) is 54.3 Å². The Kier molecular flexibility index (Phi) is 7.43. The molecule has 27 heavy (non-hydrogen) atoms. The number of ether oxygens (including phenoxy) is 2. The fraction of sp³-hybridized carbons (Fsp3) is 0.444. The summed E-state index contributed by atoms with van der Waals surface area (Å²) < 4.78 is 11.0. The molecule has 0 aromatic heterocycles. The first kappa shape index (κ1) is 21.4. The molecule has 0 fully saturated rings. The second-order valence-corrected chi connectivity index (χ2v) is 8.08. The number of nitrogens with one attached hydrogen (secondary N) is 1. The molecule has 1 aliphatic heterocycles. The molecule has 148 valence electrons. The number of carbonyl (C=O) groups is 2. The van der Waals surface area contributed by atoms with E-state index in [0.29, 0.717) is 33.7 Å². The molecule has 0 aliphatic carbocycles. The maximum atomic E-state index is 12.8. The molecule has 9 heteroatoms. The zero-order chi connectivity index (χ0) is 20.1. The topological polar surface area (TPSA) is 88.1 Å². The average molecular weight is 459 g/mol. The largest absolute Gasteiger partial charge is 0.503 e. The standard InChI is InChI=1S/C18H23BrN2O5S/c1-5-27-7-6-26-17(23)14-10(2)21(3)18(24)20-15(14)11-8-12(19)16(22)13(9-11)25-4/h8-9,15,22H,5-7H2,1-4H3,(H,20,24)/t15-/m1/s1. The lowest BCUT2D eigenvalue weighted by molar-refractivity contribution is -0.139. The van der Waals surface area contributed by atoms with Crippen LogP contribution in [0, 0.1) is 0 Å². The first-order chi connectivity index (χ1) is 12.8. The van der Waals surface area contributed by atoms with Crippen molar-refractivity contribution in [2.45, 2.75) is 19.9 Å². The van der Waals surface area contributed by atoms with Gasteiger partial charge in [-0.1, -0.05) is 6.92 Å². The van der Waals surface area contributed by atoms with E-state index in [1.165, 1.54) is 12.0 Å². The van der Waals surface area contributed by atoms with Crippen LogP contribution in [0.2, 0.25) is 0 Å². The third-order valence-electron chi connectivity index (χ3n) is 4.24. The van der Waals surface area contributed by atoms with Crippen molar-refractivity contribution >= 4 is 39.7 Å². The summed E-state index contributed by atoms with van der Waals surface area (Å²) in [4.78, 5) is 26.4. The first-order valence-electron chi connectivity index (χ1n) is 8.38. The Morgan fingerprint density at radius 3 is 2.78 bits per heavy atom. The fourth-order valence-electron chi connectivity index (χ4n) is 2.68. The highest BCUT2D eigenvalue weighted by atomic mass is 79.9. The molecule has 1 aliphatic rings. The van der Waals surface area contributed by atoms with E-state index in [1.54, 1.807) is 37.9 Å². The Morgan fingerprint density at radius 2 is 2.15 bits per heavy atom. The van der Waals surface area contributed by atoms with Gasteiger partial charge in [-0.25, -0.2) is 9.59 Å². The van der Waals surface area contributed by atoms with Gasteiger partial charge in [-0.2, -0.15) is 11.8 Å². The van der Waals surface area contributed by atoms with E-state index in [1.807, 2.05) is 6.92 Å². The van der Waals surface area contributed by atoms with Crippen LogP contribution in [0.1, 0.15) is 25.5 Å². The van der Waals surface area contributed by atoms with Crippen LogP contribution in [0.4, 0.5) is 4.79 Å². The van der Waals surface area contributed by atoms with Crippen LogP contribution in [0.15, 0.2) is 27.9 Å². The molecule has 2 amide bonds. The van der Waals surface area contributed by atoms with E-state index in [-0.39, 0.29) is 17.5 Å². The summed E-state index contributed by atoms with van der Waals surface area (Å²) in [5, 5.41) is 12.8. The minimum Gasteiger partial charge on any atom is -0.503 e. The molecule has 1 heterocycles. The number of urea groups is 1. The van der Waals surface area contributed by atoms with E-state index < -0.39 is 12.0 Å². The second-order valence-electron chi connectivity index (χ2n) is 5.83. The Hall–Kier alpha value is -1.87. The van der Waals surface area contributed by atoms with Gasteiger partial charge in [0.2, 0.25) is 0 Å². The number of benzene rings is 1. The maximum absolute atomic E-state index is 12.8. The number of esters is 1. The fourth-order valence-corrected chi connectivity index (χ4v) is 3.63. The van der Waals surface area contributed by atoms with E-state index in [9.17, 15) is 14.7 Å². The summed E-state index contributed by atoms with van der Waals surface area (Å²) in [6.45, 7) is 4.04. The van der Waals surface area contributed by atoms with Gasteiger partial charge in [-0.3, -0.25) is 0 Å². The quantitative estimate of drug-likeness (QED) is 0.480. The number of amides is 2. The minimum absolute atomic E-state index is 0.0538. The van der Waals surface area contributed by atoms with Crippen molar-refractivity contribution < 1.29 is 24.2 Å². The Balaban J connectivity index is 2.42. The molecule has 7 nitrogen and oxygen atoms in total. The maximum Gasteiger partial charge on any atom is 0.338 e. The molecule has 0 spiro atoms. The van der Waals surface area contributed by atoms with Crippen LogP contribution >= 0.6 is 27.7 Å². The zero-order valence-corrected chi connectivity index (χ0v) is 18.1. The SMILES string of the molecule is CCSCCOC(=O)C1=C(C)N(C)C(=O)N[C@@H]1c1cc(Br)c(O)c(OC)c1. The molecule has 0 unspecified atom stereocenters. The van der Waals surface area contributed by atoms with Gasteiger partial charge in [0.1, 0.15) is 6.61 Å². The molecule has 1 aromatic rings. The molecular weight excluding hydrogens is 436 g/mol. The van der Waals surface area contributed by atoms with Gasteiger partial charge in [0.15, 0.2) is 11.5 Å². The van der Waals surface area contributed by atoms with E-state index >= 15 is 0 Å². The van der Waals surface area contributed by atoms with Gasteiger partial charge in [-0.05, 0) is 46.3 Å². The Labute approximate surface area is 171 Å². The lowest BCUT2D eigenvalue weighted by Crippen LogP contribution is -2.46. The van der Waals surface area contributed by atoms with Gasteiger partial charge in [-0.15, -0.1) is 0 Å². The minimum atomic E-state index is -0.717. The number of aromatic hydroxyl groups is 1. The number of allylic oxidation sites excluding steroid dienone is 1. The smallest absolute Gasteiger partial charge is 0.338 e. The number of methoxy groups -OCH3 is 1. The van der Waals surface area contributed by atoms with Crippen molar-refractivity contribution in [3.63, 3.8) is 0 Å². The number of carbonyl (C=O) groups excluding carboxylic acids is 2. The Morgan fingerprint density at radius 1 is 1.44 bits per heavy atom. The molecule has 1 atom stereocenters. The summed E-state index contributed by atoms with van der Waals surface area (Å²) in [6, 6.07) is 2.18. The number of phenols is 1. The second kappa shape index (κ2) is 9.36. The van der Waals surface area contributed by atoms with Gasteiger partial charge < -0.3 is 24.8 Å². The number of thioether (sulfide) groups is 1. The number of nitrogens with zero attached hydrogens (tertiary/aromatic N) is 1. The van der Waals surface area contributed by atoms with Crippen molar-refractivity contribution in [2.24, 2.45) is 0 Å². The highest BCUT2D eigenvalue weighted by Gasteiger charge is 2.35. The predicted molar refractivity (Wildman–Crippen MR) is 108 cm³/mol. The van der Waals surface area contributed by atoms with Crippen molar-refractivity contribution in [3.05, 3.63) is 33.4 Å². The summed E-state index contributed by atoms with van der Waals surface area (Å²) in [6.07, 6.45) is 0. The van der Waals surface area contributed by atoms with Crippen LogP contribution in [0.5, 0.6) is 11.5 Å². The molecule has 0 bridgehead atoms. The molecule has 0 radical (unpaired) electrons. The molecular formula is C18H23BrN2O5S. The number of phenolic OH excluding ortho intramolecular Hbond substituents is 1. The highest BCUT2D eigenvalue weighted by molar-refractivity contribution is 9.10. The van der Waals surface area contributed by atoms with Crippen molar-refractivity contribution in [2.75, 3.05) is 32.3 Å². The van der Waals surface area contributed by atoms with Gasteiger partial charge in [0, 0.05) is 18.5 Å². The normalized spacial score (nSPS) is 17.0. The van der Waals surface area contributed by atoms with Gasteiger partial charge >= 0.3 is 12.0 Å². The number of halogens is 1. The van der Waals surface area contributed by atoms with E-state index in [4.69, 9.17) is 9.47 Å². The lowest BCUT2D eigenvalue weighted by Gasteiger charge is -2.33. The van der Waals surface area contributed by atoms with Crippen molar-refractivity contribution in [1.82, 2.24) is 10.2 Å². The number of hydrogen-bond acceptors (Lipinski definition) is 6. The first-order valence-corrected chi connectivity index (χ1v) is 10.3. The summed E-state index contributed by atoms with van der Waals surface area (Å²) in [7, 11) is 3.02. The van der Waals surface area contributed by atoms with Crippen molar-refractivity contribution in [1.29, 1.82) is 0 Å². The lowest BCUT2D eigenvalue weighted by atomic mass is 9.94. The molecule has 2 rings (SSSR count). The zero-order valence-electron chi connectivity index (χ0n) is 15.7. The third-order valence-corrected chi connectivity index (χ3v) is 5.71. The highest BCUT2D eigenvalue weighted by Crippen LogP contribution is 2.40.